The molecule has 0 aliphatic carbocycles. The average Bonchev–Trinajstić information content (AvgIpc) is 2.47. The summed E-state index contributed by atoms with van der Waals surface area (Å²) in [6, 6.07) is 12.3. The van der Waals surface area contributed by atoms with Crippen LogP contribution in [0.25, 0.3) is 0 Å². The number of thiocarbonyl (C=S) groups is 1. The Kier molecular flexibility index (Phi) is 5.43. The van der Waals surface area contributed by atoms with Crippen LogP contribution in [0.4, 0.5) is 5.82 Å². The zero-order valence-corrected chi connectivity index (χ0v) is 13.2. The highest BCUT2D eigenvalue weighted by Gasteiger charge is 2.08. The molecule has 0 radical (unpaired) electrons. The Labute approximate surface area is 134 Å². The van der Waals surface area contributed by atoms with Gasteiger partial charge >= 0.3 is 0 Å². The van der Waals surface area contributed by atoms with Gasteiger partial charge in [-0.1, -0.05) is 18.2 Å². The summed E-state index contributed by atoms with van der Waals surface area (Å²) in [6.45, 7) is 3.89. The molecule has 114 valence electrons. The molecule has 0 aliphatic heterocycles. The molecule has 2 aromatic rings. The second kappa shape index (κ2) is 7.51. The smallest absolute Gasteiger partial charge is 0.257 e. The topological polar surface area (TPSA) is 63.2 Å². The Hall–Kier alpha value is -2.47. The fraction of sp³-hybridized carbons (Fsp3) is 0.188. The lowest BCUT2D eigenvalue weighted by atomic mass is 10.2. The van der Waals surface area contributed by atoms with E-state index < -0.39 is 0 Å². The Morgan fingerprint density at radius 1 is 1.23 bits per heavy atom. The Balaban J connectivity index is 1.96. The van der Waals surface area contributed by atoms with Crippen LogP contribution < -0.4 is 15.4 Å². The summed E-state index contributed by atoms with van der Waals surface area (Å²) in [5, 5.41) is 5.65. The van der Waals surface area contributed by atoms with E-state index in [1.54, 1.807) is 42.6 Å². The number of aromatic nitrogens is 1. The van der Waals surface area contributed by atoms with Crippen molar-refractivity contribution in [1.29, 1.82) is 0 Å². The first-order chi connectivity index (χ1) is 10.5. The van der Waals surface area contributed by atoms with Crippen LogP contribution in [0.3, 0.4) is 0 Å². The lowest BCUT2D eigenvalue weighted by Gasteiger charge is -2.12. The zero-order chi connectivity index (χ0) is 15.9. The van der Waals surface area contributed by atoms with Crippen LogP contribution in [-0.2, 0) is 0 Å². The van der Waals surface area contributed by atoms with Gasteiger partial charge in [-0.3, -0.25) is 10.1 Å². The number of hydrogen-bond donors (Lipinski definition) is 2. The predicted molar refractivity (Wildman–Crippen MR) is 90.1 cm³/mol. The molecule has 0 atom stereocenters. The van der Waals surface area contributed by atoms with E-state index >= 15 is 0 Å². The van der Waals surface area contributed by atoms with Gasteiger partial charge in [-0.2, -0.15) is 0 Å². The van der Waals surface area contributed by atoms with E-state index in [0.29, 0.717) is 17.1 Å². The van der Waals surface area contributed by atoms with E-state index in [1.165, 1.54) is 0 Å². The molecule has 2 N–H and O–H groups in total. The fourth-order valence-electron chi connectivity index (χ4n) is 1.74. The van der Waals surface area contributed by atoms with Crippen LogP contribution in [0.1, 0.15) is 24.2 Å². The van der Waals surface area contributed by atoms with Gasteiger partial charge in [-0.05, 0) is 44.3 Å². The quantitative estimate of drug-likeness (QED) is 0.849. The van der Waals surface area contributed by atoms with Crippen LogP contribution in [0.5, 0.6) is 5.75 Å². The van der Waals surface area contributed by atoms with Crippen molar-refractivity contribution >= 4 is 29.1 Å². The second-order valence-corrected chi connectivity index (χ2v) is 5.23. The molecule has 1 amide bonds. The molecule has 1 heterocycles. The number of benzene rings is 1. The highest BCUT2D eigenvalue weighted by molar-refractivity contribution is 7.80. The van der Waals surface area contributed by atoms with Crippen molar-refractivity contribution in [3.05, 3.63) is 54.2 Å². The Bertz CT molecular complexity index is 659. The molecule has 0 aliphatic rings. The van der Waals surface area contributed by atoms with Crippen LogP contribution in [0.2, 0.25) is 0 Å². The number of anilines is 1. The van der Waals surface area contributed by atoms with Gasteiger partial charge in [-0.25, -0.2) is 4.98 Å². The maximum atomic E-state index is 12.0. The van der Waals surface area contributed by atoms with Gasteiger partial charge in [0.1, 0.15) is 11.6 Å². The fourth-order valence-corrected chi connectivity index (χ4v) is 1.93. The molecule has 1 aromatic carbocycles. The highest BCUT2D eigenvalue weighted by Crippen LogP contribution is 2.15. The third-order valence-corrected chi connectivity index (χ3v) is 2.81. The van der Waals surface area contributed by atoms with E-state index in [2.05, 4.69) is 15.6 Å². The summed E-state index contributed by atoms with van der Waals surface area (Å²) in [5.74, 6) is 0.925. The molecule has 0 bridgehead atoms. The molecule has 0 saturated heterocycles. The third-order valence-electron chi connectivity index (χ3n) is 2.61. The van der Waals surface area contributed by atoms with Crippen molar-refractivity contribution < 1.29 is 9.53 Å². The second-order valence-electron chi connectivity index (χ2n) is 4.82. The number of amides is 1. The summed E-state index contributed by atoms with van der Waals surface area (Å²) >= 11 is 5.12. The number of nitrogens with one attached hydrogen (secondary N) is 2. The predicted octanol–water partition coefficient (Wildman–Crippen LogP) is 3.00. The molecular formula is C16H17N3O2S. The van der Waals surface area contributed by atoms with Gasteiger partial charge in [0.2, 0.25) is 0 Å². The number of ether oxygens (including phenoxy) is 1. The number of rotatable bonds is 4. The summed E-state index contributed by atoms with van der Waals surface area (Å²) in [4.78, 5) is 16.1. The summed E-state index contributed by atoms with van der Waals surface area (Å²) < 4.78 is 5.58. The summed E-state index contributed by atoms with van der Waals surface area (Å²) in [6.07, 6.45) is 1.68. The molecule has 5 nitrogen and oxygen atoms in total. The monoisotopic (exact) mass is 315 g/mol. The van der Waals surface area contributed by atoms with Gasteiger partial charge in [0.05, 0.1) is 6.10 Å². The molecule has 2 rings (SSSR count). The first-order valence-corrected chi connectivity index (χ1v) is 7.25. The normalized spacial score (nSPS) is 10.1. The zero-order valence-electron chi connectivity index (χ0n) is 12.4. The minimum Gasteiger partial charge on any atom is -0.491 e. The third kappa shape index (κ3) is 4.82. The van der Waals surface area contributed by atoms with Crippen molar-refractivity contribution in [2.45, 2.75) is 20.0 Å². The molecular weight excluding hydrogens is 298 g/mol. The molecule has 0 spiro atoms. The lowest BCUT2D eigenvalue weighted by molar-refractivity contribution is 0.0977. The Morgan fingerprint density at radius 3 is 2.64 bits per heavy atom. The van der Waals surface area contributed by atoms with E-state index in [0.717, 1.165) is 0 Å². The van der Waals surface area contributed by atoms with Crippen molar-refractivity contribution in [2.24, 2.45) is 0 Å². The molecule has 0 saturated carbocycles. The highest BCUT2D eigenvalue weighted by atomic mass is 32.1. The molecule has 1 aromatic heterocycles. The number of carbonyl (C=O) groups is 1. The van der Waals surface area contributed by atoms with E-state index in [9.17, 15) is 4.79 Å². The van der Waals surface area contributed by atoms with Gasteiger partial charge < -0.3 is 10.1 Å². The minimum atomic E-state index is -0.271. The van der Waals surface area contributed by atoms with Crippen LogP contribution >= 0.6 is 12.2 Å². The maximum Gasteiger partial charge on any atom is 0.257 e. The van der Waals surface area contributed by atoms with Gasteiger partial charge in [0, 0.05) is 17.8 Å². The largest absolute Gasteiger partial charge is 0.491 e. The summed E-state index contributed by atoms with van der Waals surface area (Å²) in [7, 11) is 0. The molecule has 6 heteroatoms. The molecule has 22 heavy (non-hydrogen) atoms. The van der Waals surface area contributed by atoms with E-state index in [4.69, 9.17) is 17.0 Å². The first-order valence-electron chi connectivity index (χ1n) is 6.84. The van der Waals surface area contributed by atoms with Gasteiger partial charge in [-0.15, -0.1) is 0 Å². The van der Waals surface area contributed by atoms with Crippen LogP contribution in [0, 0.1) is 0 Å². The minimum absolute atomic E-state index is 0.0694. The molecule has 0 unspecified atom stereocenters. The lowest BCUT2D eigenvalue weighted by Crippen LogP contribution is -2.34. The number of carbonyl (C=O) groups excluding carboxylic acids is 1. The number of nitrogens with zero attached hydrogens (tertiary/aromatic N) is 1. The maximum absolute atomic E-state index is 12.0. The van der Waals surface area contributed by atoms with Crippen molar-refractivity contribution in [1.82, 2.24) is 10.3 Å². The number of hydrogen-bond acceptors (Lipinski definition) is 4. The van der Waals surface area contributed by atoms with Crippen molar-refractivity contribution in [3.8, 4) is 5.75 Å². The van der Waals surface area contributed by atoms with E-state index in [-0.39, 0.29) is 17.1 Å². The van der Waals surface area contributed by atoms with Crippen molar-refractivity contribution in [3.63, 3.8) is 0 Å². The van der Waals surface area contributed by atoms with Crippen LogP contribution in [0.15, 0.2) is 48.7 Å². The first kappa shape index (κ1) is 15.9. The number of pyridine rings is 1. The standard InChI is InChI=1S/C16H17N3O2S/c1-11(2)21-13-8-9-17-14(10-13)18-16(22)19-15(20)12-6-4-3-5-7-12/h3-11H,1-2H3,(H2,17,18,19,20,22). The SMILES string of the molecule is CC(C)Oc1ccnc(NC(=S)NC(=O)c2ccccc2)c1. The molecule has 0 fully saturated rings. The van der Waals surface area contributed by atoms with Gasteiger partial charge in [0.25, 0.3) is 5.91 Å². The Morgan fingerprint density at radius 2 is 1.95 bits per heavy atom. The van der Waals surface area contributed by atoms with E-state index in [1.807, 2.05) is 19.9 Å². The van der Waals surface area contributed by atoms with Gasteiger partial charge in [0.15, 0.2) is 5.11 Å². The van der Waals surface area contributed by atoms with Crippen LogP contribution in [-0.4, -0.2) is 22.1 Å². The average molecular weight is 315 g/mol. The summed E-state index contributed by atoms with van der Waals surface area (Å²) in [5.41, 5.74) is 0.538. The van der Waals surface area contributed by atoms with Crippen molar-refractivity contribution in [2.75, 3.05) is 5.32 Å².